The van der Waals surface area contributed by atoms with Crippen LogP contribution in [0.5, 0.6) is 0 Å². The SMILES string of the molecule is CC1(C)OC2O[C@H](C(=O)CO)[C@H](O)[C@H]2O1. The molecule has 15 heavy (non-hydrogen) atoms. The van der Waals surface area contributed by atoms with E-state index in [0.29, 0.717) is 0 Å². The fourth-order valence-electron chi connectivity index (χ4n) is 1.85. The topological polar surface area (TPSA) is 85.2 Å². The second-order valence-electron chi connectivity index (χ2n) is 4.14. The molecule has 0 aromatic rings. The summed E-state index contributed by atoms with van der Waals surface area (Å²) in [6, 6.07) is 0. The number of hydrogen-bond donors (Lipinski definition) is 2. The largest absolute Gasteiger partial charge is 0.388 e. The Bertz CT molecular complexity index is 276. The van der Waals surface area contributed by atoms with Crippen LogP contribution in [0.4, 0.5) is 0 Å². The molecular formula is C9H14O6. The molecule has 1 unspecified atom stereocenters. The van der Waals surface area contributed by atoms with Gasteiger partial charge in [0.25, 0.3) is 0 Å². The normalized spacial score (nSPS) is 42.9. The first-order valence-corrected chi connectivity index (χ1v) is 4.77. The van der Waals surface area contributed by atoms with Gasteiger partial charge in [0.2, 0.25) is 0 Å². The van der Waals surface area contributed by atoms with Gasteiger partial charge in [0.1, 0.15) is 24.9 Å². The first kappa shape index (κ1) is 11.0. The predicted molar refractivity (Wildman–Crippen MR) is 46.8 cm³/mol. The van der Waals surface area contributed by atoms with E-state index in [1.165, 1.54) is 0 Å². The number of carbonyl (C=O) groups excluding carboxylic acids is 1. The van der Waals surface area contributed by atoms with Crippen molar-refractivity contribution >= 4 is 5.78 Å². The van der Waals surface area contributed by atoms with Crippen LogP contribution in [0.1, 0.15) is 13.8 Å². The van der Waals surface area contributed by atoms with Crippen LogP contribution in [0.3, 0.4) is 0 Å². The average Bonchev–Trinajstić information content (AvgIpc) is 2.60. The van der Waals surface area contributed by atoms with Crippen molar-refractivity contribution in [3.05, 3.63) is 0 Å². The summed E-state index contributed by atoms with van der Waals surface area (Å²) in [6.07, 6.45) is -3.55. The molecule has 0 amide bonds. The van der Waals surface area contributed by atoms with Crippen molar-refractivity contribution in [2.45, 2.75) is 44.2 Å². The molecule has 0 aliphatic carbocycles. The molecule has 0 radical (unpaired) electrons. The van der Waals surface area contributed by atoms with Crippen molar-refractivity contribution in [3.63, 3.8) is 0 Å². The summed E-state index contributed by atoms with van der Waals surface area (Å²) in [4.78, 5) is 11.2. The van der Waals surface area contributed by atoms with Crippen molar-refractivity contribution in [1.29, 1.82) is 0 Å². The lowest BCUT2D eigenvalue weighted by Gasteiger charge is -2.21. The lowest BCUT2D eigenvalue weighted by Crippen LogP contribution is -2.39. The quantitative estimate of drug-likeness (QED) is 0.604. The van der Waals surface area contributed by atoms with E-state index in [-0.39, 0.29) is 0 Å². The smallest absolute Gasteiger partial charge is 0.190 e. The minimum absolute atomic E-state index is 0.568. The van der Waals surface area contributed by atoms with E-state index < -0.39 is 42.8 Å². The Hall–Kier alpha value is -0.530. The number of ether oxygens (including phenoxy) is 3. The van der Waals surface area contributed by atoms with Crippen molar-refractivity contribution in [3.8, 4) is 0 Å². The van der Waals surface area contributed by atoms with Gasteiger partial charge >= 0.3 is 0 Å². The van der Waals surface area contributed by atoms with E-state index >= 15 is 0 Å². The summed E-state index contributed by atoms with van der Waals surface area (Å²) < 4.78 is 15.9. The number of carbonyl (C=O) groups is 1. The van der Waals surface area contributed by atoms with Gasteiger partial charge in [-0.1, -0.05) is 0 Å². The van der Waals surface area contributed by atoms with Crippen LogP contribution in [-0.2, 0) is 19.0 Å². The number of fused-ring (bicyclic) bond motifs is 1. The van der Waals surface area contributed by atoms with Crippen molar-refractivity contribution in [2.75, 3.05) is 6.61 Å². The maximum Gasteiger partial charge on any atom is 0.190 e. The van der Waals surface area contributed by atoms with Crippen LogP contribution >= 0.6 is 0 Å². The third-order valence-electron chi connectivity index (χ3n) is 2.49. The Morgan fingerprint density at radius 1 is 1.40 bits per heavy atom. The first-order chi connectivity index (χ1) is 6.94. The Morgan fingerprint density at radius 2 is 2.07 bits per heavy atom. The molecule has 6 nitrogen and oxygen atoms in total. The highest BCUT2D eigenvalue weighted by Crippen LogP contribution is 2.37. The highest BCUT2D eigenvalue weighted by molar-refractivity contribution is 5.85. The van der Waals surface area contributed by atoms with Gasteiger partial charge in [-0.3, -0.25) is 4.79 Å². The summed E-state index contributed by atoms with van der Waals surface area (Å²) in [7, 11) is 0. The molecule has 86 valence electrons. The van der Waals surface area contributed by atoms with E-state index in [0.717, 1.165) is 0 Å². The number of rotatable bonds is 2. The third kappa shape index (κ3) is 1.79. The third-order valence-corrected chi connectivity index (χ3v) is 2.49. The number of aliphatic hydroxyl groups excluding tert-OH is 2. The summed E-state index contributed by atoms with van der Waals surface area (Å²) in [5.74, 6) is -1.38. The van der Waals surface area contributed by atoms with Crippen molar-refractivity contribution < 1.29 is 29.2 Å². The molecule has 2 rings (SSSR count). The highest BCUT2D eigenvalue weighted by Gasteiger charge is 2.55. The van der Waals surface area contributed by atoms with Crippen LogP contribution < -0.4 is 0 Å². The Kier molecular flexibility index (Phi) is 2.56. The van der Waals surface area contributed by atoms with Gasteiger partial charge in [-0.2, -0.15) is 0 Å². The molecule has 2 fully saturated rings. The summed E-state index contributed by atoms with van der Waals surface area (Å²) in [6.45, 7) is 2.74. The molecule has 0 saturated carbocycles. The average molecular weight is 218 g/mol. The summed E-state index contributed by atoms with van der Waals surface area (Å²) >= 11 is 0. The fourth-order valence-corrected chi connectivity index (χ4v) is 1.85. The predicted octanol–water partition coefficient (Wildman–Crippen LogP) is -1.21. The molecule has 4 atom stereocenters. The minimum Gasteiger partial charge on any atom is -0.388 e. The van der Waals surface area contributed by atoms with E-state index in [4.69, 9.17) is 19.3 Å². The molecule has 2 aliphatic heterocycles. The molecule has 6 heteroatoms. The van der Waals surface area contributed by atoms with E-state index in [1.807, 2.05) is 0 Å². The lowest BCUT2D eigenvalue weighted by atomic mass is 10.1. The zero-order valence-corrected chi connectivity index (χ0v) is 8.54. The van der Waals surface area contributed by atoms with Gasteiger partial charge < -0.3 is 24.4 Å². The molecule has 2 aliphatic rings. The van der Waals surface area contributed by atoms with Crippen LogP contribution in [-0.4, -0.2) is 53.0 Å². The van der Waals surface area contributed by atoms with Gasteiger partial charge in [0.05, 0.1) is 0 Å². The number of ketones is 1. The second kappa shape index (κ2) is 3.50. The lowest BCUT2D eigenvalue weighted by molar-refractivity contribution is -0.214. The molecule has 0 aromatic carbocycles. The minimum atomic E-state index is -1.09. The van der Waals surface area contributed by atoms with Crippen LogP contribution in [0, 0.1) is 0 Å². The van der Waals surface area contributed by atoms with Gasteiger partial charge in [0.15, 0.2) is 17.9 Å². The monoisotopic (exact) mass is 218 g/mol. The standard InChI is InChI=1S/C9H14O6/c1-9(2)14-7-5(12)6(4(11)3-10)13-8(7)15-9/h5-8,10,12H,3H2,1-2H3/t5-,6+,7+,8?/m0/s1. The number of Topliss-reactive ketones (excluding diaryl/α,β-unsaturated/α-hetero) is 1. The van der Waals surface area contributed by atoms with Crippen LogP contribution in [0.15, 0.2) is 0 Å². The van der Waals surface area contributed by atoms with E-state index in [1.54, 1.807) is 13.8 Å². The second-order valence-corrected chi connectivity index (χ2v) is 4.14. The first-order valence-electron chi connectivity index (χ1n) is 4.77. The van der Waals surface area contributed by atoms with Gasteiger partial charge in [0, 0.05) is 0 Å². The molecule has 2 saturated heterocycles. The zero-order valence-electron chi connectivity index (χ0n) is 8.54. The van der Waals surface area contributed by atoms with Crippen LogP contribution in [0.2, 0.25) is 0 Å². The van der Waals surface area contributed by atoms with Crippen molar-refractivity contribution in [2.24, 2.45) is 0 Å². The molecule has 0 aromatic heterocycles. The van der Waals surface area contributed by atoms with E-state index in [9.17, 15) is 9.90 Å². The zero-order chi connectivity index (χ0) is 11.2. The molecule has 2 heterocycles. The van der Waals surface area contributed by atoms with Gasteiger partial charge in [-0.15, -0.1) is 0 Å². The Morgan fingerprint density at radius 3 is 2.60 bits per heavy atom. The molecule has 0 bridgehead atoms. The summed E-state index contributed by atoms with van der Waals surface area (Å²) in [5.41, 5.74) is 0. The Balaban J connectivity index is 2.08. The van der Waals surface area contributed by atoms with E-state index in [2.05, 4.69) is 0 Å². The van der Waals surface area contributed by atoms with Gasteiger partial charge in [-0.05, 0) is 13.8 Å². The molecule has 2 N–H and O–H groups in total. The maximum absolute atomic E-state index is 11.2. The fraction of sp³-hybridized carbons (Fsp3) is 0.889. The number of hydrogen-bond acceptors (Lipinski definition) is 6. The van der Waals surface area contributed by atoms with Crippen LogP contribution in [0.25, 0.3) is 0 Å². The van der Waals surface area contributed by atoms with Crippen molar-refractivity contribution in [1.82, 2.24) is 0 Å². The highest BCUT2D eigenvalue weighted by atomic mass is 16.8. The number of aliphatic hydroxyl groups is 2. The maximum atomic E-state index is 11.2. The molecule has 0 spiro atoms. The molecular weight excluding hydrogens is 204 g/mol. The van der Waals surface area contributed by atoms with Gasteiger partial charge in [-0.25, -0.2) is 0 Å². The summed E-state index contributed by atoms with van der Waals surface area (Å²) in [5, 5.41) is 18.4. The Labute approximate surface area is 86.7 Å².